The van der Waals surface area contributed by atoms with Gasteiger partial charge in [0.05, 0.1) is 6.04 Å². The standard InChI is InChI=1S/C11H14F2N2O/c1-3-14-11(16)15-7(2)8-4-5-9(12)10(13)6-8/h4-7H,3H2,1-2H3,(H2,14,15,16). The van der Waals surface area contributed by atoms with Gasteiger partial charge in [0.25, 0.3) is 0 Å². The Balaban J connectivity index is 2.69. The van der Waals surface area contributed by atoms with Crippen LogP contribution in [0.2, 0.25) is 0 Å². The average Bonchev–Trinajstić information content (AvgIpc) is 2.22. The van der Waals surface area contributed by atoms with E-state index in [9.17, 15) is 13.6 Å². The lowest BCUT2D eigenvalue weighted by Gasteiger charge is -2.14. The summed E-state index contributed by atoms with van der Waals surface area (Å²) in [6.45, 7) is 4.00. The van der Waals surface area contributed by atoms with Crippen molar-refractivity contribution in [2.24, 2.45) is 0 Å². The van der Waals surface area contributed by atoms with Crippen molar-refractivity contribution in [1.29, 1.82) is 0 Å². The minimum atomic E-state index is -0.915. The number of urea groups is 1. The Hall–Kier alpha value is -1.65. The molecule has 1 aromatic carbocycles. The summed E-state index contributed by atoms with van der Waals surface area (Å²) < 4.78 is 25.6. The van der Waals surface area contributed by atoms with Gasteiger partial charge < -0.3 is 10.6 Å². The van der Waals surface area contributed by atoms with E-state index in [1.165, 1.54) is 6.07 Å². The number of hydrogen-bond donors (Lipinski definition) is 2. The van der Waals surface area contributed by atoms with Crippen LogP contribution in [0.15, 0.2) is 18.2 Å². The normalized spacial score (nSPS) is 12.0. The first-order valence-corrected chi connectivity index (χ1v) is 5.04. The number of nitrogens with one attached hydrogen (secondary N) is 2. The third-order valence-corrected chi connectivity index (χ3v) is 2.13. The van der Waals surface area contributed by atoms with Crippen LogP contribution in [0.3, 0.4) is 0 Å². The molecule has 88 valence electrons. The van der Waals surface area contributed by atoms with Gasteiger partial charge in [0.15, 0.2) is 11.6 Å². The van der Waals surface area contributed by atoms with Crippen molar-refractivity contribution in [2.75, 3.05) is 6.54 Å². The summed E-state index contributed by atoms with van der Waals surface area (Å²) >= 11 is 0. The molecule has 1 aromatic rings. The fourth-order valence-electron chi connectivity index (χ4n) is 1.27. The van der Waals surface area contributed by atoms with Gasteiger partial charge >= 0.3 is 6.03 Å². The van der Waals surface area contributed by atoms with Gasteiger partial charge in [0.2, 0.25) is 0 Å². The molecule has 2 N–H and O–H groups in total. The van der Waals surface area contributed by atoms with Crippen molar-refractivity contribution in [2.45, 2.75) is 19.9 Å². The van der Waals surface area contributed by atoms with E-state index in [0.29, 0.717) is 12.1 Å². The van der Waals surface area contributed by atoms with Gasteiger partial charge in [0, 0.05) is 6.54 Å². The van der Waals surface area contributed by atoms with Gasteiger partial charge in [0.1, 0.15) is 0 Å². The Bertz CT molecular complexity index is 382. The zero-order valence-corrected chi connectivity index (χ0v) is 9.18. The molecular weight excluding hydrogens is 214 g/mol. The molecule has 1 unspecified atom stereocenters. The van der Waals surface area contributed by atoms with E-state index in [1.54, 1.807) is 13.8 Å². The predicted octanol–water partition coefficient (Wildman–Crippen LogP) is 2.34. The molecule has 16 heavy (non-hydrogen) atoms. The summed E-state index contributed by atoms with van der Waals surface area (Å²) in [6, 6.07) is 2.85. The highest BCUT2D eigenvalue weighted by molar-refractivity contribution is 5.74. The van der Waals surface area contributed by atoms with Crippen molar-refractivity contribution in [3.63, 3.8) is 0 Å². The van der Waals surface area contributed by atoms with Crippen LogP contribution in [0.25, 0.3) is 0 Å². The molecule has 0 saturated heterocycles. The van der Waals surface area contributed by atoms with E-state index >= 15 is 0 Å². The number of halogens is 2. The number of benzene rings is 1. The highest BCUT2D eigenvalue weighted by Crippen LogP contribution is 2.15. The fraction of sp³-hybridized carbons (Fsp3) is 0.364. The Kier molecular flexibility index (Phi) is 4.22. The number of hydrogen-bond acceptors (Lipinski definition) is 1. The smallest absolute Gasteiger partial charge is 0.315 e. The van der Waals surface area contributed by atoms with E-state index in [1.807, 2.05) is 0 Å². The van der Waals surface area contributed by atoms with Gasteiger partial charge in [-0.25, -0.2) is 13.6 Å². The minimum Gasteiger partial charge on any atom is -0.338 e. The maximum atomic E-state index is 12.9. The van der Waals surface area contributed by atoms with Crippen molar-refractivity contribution in [3.05, 3.63) is 35.4 Å². The van der Waals surface area contributed by atoms with Crippen molar-refractivity contribution < 1.29 is 13.6 Å². The first-order valence-electron chi connectivity index (χ1n) is 5.04. The van der Waals surface area contributed by atoms with Crippen LogP contribution in [-0.2, 0) is 0 Å². The molecule has 0 aliphatic rings. The van der Waals surface area contributed by atoms with E-state index in [2.05, 4.69) is 10.6 Å². The quantitative estimate of drug-likeness (QED) is 0.819. The molecule has 0 heterocycles. The molecule has 0 aliphatic carbocycles. The molecule has 0 bridgehead atoms. The minimum absolute atomic E-state index is 0.334. The first kappa shape index (κ1) is 12.4. The molecule has 5 heteroatoms. The lowest BCUT2D eigenvalue weighted by Crippen LogP contribution is -2.36. The summed E-state index contributed by atoms with van der Waals surface area (Å²) in [5.41, 5.74) is 0.519. The predicted molar refractivity (Wildman–Crippen MR) is 57.0 cm³/mol. The molecule has 0 fully saturated rings. The third-order valence-electron chi connectivity index (χ3n) is 2.13. The van der Waals surface area contributed by atoms with E-state index in [0.717, 1.165) is 12.1 Å². The summed E-state index contributed by atoms with van der Waals surface area (Å²) in [4.78, 5) is 11.2. The van der Waals surface area contributed by atoms with Crippen LogP contribution < -0.4 is 10.6 Å². The van der Waals surface area contributed by atoms with Crippen LogP contribution in [0.5, 0.6) is 0 Å². The first-order chi connectivity index (χ1) is 7.54. The highest BCUT2D eigenvalue weighted by atomic mass is 19.2. The van der Waals surface area contributed by atoms with Crippen molar-refractivity contribution in [3.8, 4) is 0 Å². The monoisotopic (exact) mass is 228 g/mol. The Morgan fingerprint density at radius 1 is 1.38 bits per heavy atom. The van der Waals surface area contributed by atoms with Crippen LogP contribution in [0.1, 0.15) is 25.5 Å². The number of carbonyl (C=O) groups excluding carboxylic acids is 1. The van der Waals surface area contributed by atoms with Gasteiger partial charge in [-0.1, -0.05) is 6.07 Å². The lowest BCUT2D eigenvalue weighted by molar-refractivity contribution is 0.238. The molecular formula is C11H14F2N2O. The van der Waals surface area contributed by atoms with Crippen LogP contribution in [0, 0.1) is 11.6 Å². The second kappa shape index (κ2) is 5.44. The van der Waals surface area contributed by atoms with E-state index in [4.69, 9.17) is 0 Å². The van der Waals surface area contributed by atoms with E-state index in [-0.39, 0.29) is 12.1 Å². The summed E-state index contributed by atoms with van der Waals surface area (Å²) in [5, 5.41) is 5.16. The molecule has 0 radical (unpaired) electrons. The summed E-state index contributed by atoms with van der Waals surface area (Å²) in [5.74, 6) is -1.81. The van der Waals surface area contributed by atoms with E-state index < -0.39 is 11.6 Å². The average molecular weight is 228 g/mol. The zero-order chi connectivity index (χ0) is 12.1. The zero-order valence-electron chi connectivity index (χ0n) is 9.18. The highest BCUT2D eigenvalue weighted by Gasteiger charge is 2.11. The fourth-order valence-corrected chi connectivity index (χ4v) is 1.27. The topological polar surface area (TPSA) is 41.1 Å². The second-order valence-corrected chi connectivity index (χ2v) is 3.40. The molecule has 2 amide bonds. The molecule has 1 rings (SSSR count). The van der Waals surface area contributed by atoms with Gasteiger partial charge in [-0.3, -0.25) is 0 Å². The van der Waals surface area contributed by atoms with Crippen LogP contribution in [-0.4, -0.2) is 12.6 Å². The Labute approximate surface area is 92.8 Å². The molecule has 0 saturated carbocycles. The summed E-state index contributed by atoms with van der Waals surface area (Å²) in [7, 11) is 0. The molecule has 3 nitrogen and oxygen atoms in total. The maximum absolute atomic E-state index is 12.9. The number of carbonyl (C=O) groups is 1. The molecule has 0 aromatic heterocycles. The van der Waals surface area contributed by atoms with Crippen LogP contribution in [0.4, 0.5) is 13.6 Å². The number of rotatable bonds is 3. The lowest BCUT2D eigenvalue weighted by atomic mass is 10.1. The second-order valence-electron chi connectivity index (χ2n) is 3.40. The number of amides is 2. The van der Waals surface area contributed by atoms with Crippen LogP contribution >= 0.6 is 0 Å². The molecule has 1 atom stereocenters. The van der Waals surface area contributed by atoms with Gasteiger partial charge in [-0.15, -0.1) is 0 Å². The van der Waals surface area contributed by atoms with Gasteiger partial charge in [-0.05, 0) is 31.5 Å². The maximum Gasteiger partial charge on any atom is 0.315 e. The van der Waals surface area contributed by atoms with Gasteiger partial charge in [-0.2, -0.15) is 0 Å². The third kappa shape index (κ3) is 3.18. The largest absolute Gasteiger partial charge is 0.338 e. The summed E-state index contributed by atoms with van der Waals surface area (Å²) in [6.07, 6.45) is 0. The Morgan fingerprint density at radius 3 is 2.62 bits per heavy atom. The van der Waals surface area contributed by atoms with Crippen molar-refractivity contribution >= 4 is 6.03 Å². The SMILES string of the molecule is CCNC(=O)NC(C)c1ccc(F)c(F)c1. The molecule has 0 spiro atoms. The molecule has 0 aliphatic heterocycles. The Morgan fingerprint density at radius 2 is 2.06 bits per heavy atom. The van der Waals surface area contributed by atoms with Crippen molar-refractivity contribution in [1.82, 2.24) is 10.6 Å².